The minimum atomic E-state index is -0.834. The predicted octanol–water partition coefficient (Wildman–Crippen LogP) is 7.09. The Bertz CT molecular complexity index is 2100. The molecule has 62 heavy (non-hydrogen) atoms. The Kier molecular flexibility index (Phi) is 9.53. The first-order chi connectivity index (χ1) is 29.6. The van der Waals surface area contributed by atoms with Crippen molar-refractivity contribution < 1.29 is 53.0 Å². The monoisotopic (exact) mass is 854 g/mol. The van der Waals surface area contributed by atoms with Crippen molar-refractivity contribution in [2.24, 2.45) is 46.3 Å². The highest BCUT2D eigenvalue weighted by molar-refractivity contribution is 5.92. The maximum absolute atomic E-state index is 13.9. The fourth-order valence-corrected chi connectivity index (χ4v) is 15.2. The highest BCUT2D eigenvalue weighted by Crippen LogP contribution is 2.83. The van der Waals surface area contributed by atoms with Crippen LogP contribution in [0.2, 0.25) is 0 Å². The zero-order valence-corrected chi connectivity index (χ0v) is 37.2. The van der Waals surface area contributed by atoms with Crippen LogP contribution in [-0.2, 0) is 42.8 Å². The Labute approximate surface area is 365 Å². The van der Waals surface area contributed by atoms with Crippen LogP contribution in [0, 0.1) is 46.3 Å². The molecule has 0 amide bonds. The van der Waals surface area contributed by atoms with Crippen molar-refractivity contribution >= 4 is 17.9 Å². The van der Waals surface area contributed by atoms with Gasteiger partial charge in [0.15, 0.2) is 11.7 Å². The van der Waals surface area contributed by atoms with E-state index < -0.39 is 47.1 Å². The molecule has 11 aliphatic rings. The van der Waals surface area contributed by atoms with Crippen LogP contribution in [0.5, 0.6) is 0 Å². The van der Waals surface area contributed by atoms with E-state index in [2.05, 4.69) is 65.5 Å². The molecule has 2 N–H and O–H groups in total. The minimum absolute atomic E-state index is 0.0444. The molecule has 11 rings (SSSR count). The van der Waals surface area contributed by atoms with Crippen molar-refractivity contribution in [1.82, 2.24) is 0 Å². The summed E-state index contributed by atoms with van der Waals surface area (Å²) >= 11 is 0. The highest BCUT2D eigenvalue weighted by atomic mass is 16.8. The average Bonchev–Trinajstić information content (AvgIpc) is 4.07. The lowest BCUT2D eigenvalue weighted by molar-refractivity contribution is -0.171. The summed E-state index contributed by atoms with van der Waals surface area (Å²) in [6.07, 6.45) is 16.5. The highest BCUT2D eigenvalue weighted by Gasteiger charge is 3.01. The standard InChI is InChI=1S/C51H66O11/c1-26(2)49-43(61-49)44-51(62-44)48(6)21-19-33-34(25-57-45(33)56)37(48)24-40-50(51,60-40)46(49)59-42(55)18-17-41(54)58-39(30-11-12-30)16-9-27(3)35-14-15-36-29(8-7-20-47(35,36)5)10-13-31-22-32(52)23-38(53)28(31)4/h9-10,13,16,26-27,30,32,35-40,43-44,46,52-53H,4,7-8,11-12,14-15,17-25H2,1-3,5-6H3/b16-9+,29-10+,31-13-/t27-,32+,35?,36?,37-,38-,39?,40-,43-,44-,46+,47+,48-,49-,50+,51+/m0/s1. The van der Waals surface area contributed by atoms with E-state index in [0.717, 1.165) is 67.2 Å². The second-order valence-electron chi connectivity index (χ2n) is 22.1. The van der Waals surface area contributed by atoms with Crippen molar-refractivity contribution in [3.05, 3.63) is 58.7 Å². The smallest absolute Gasteiger partial charge is 0.334 e. The number of fused-ring (bicyclic) bond motifs is 5. The molecule has 0 aromatic rings. The van der Waals surface area contributed by atoms with E-state index in [0.29, 0.717) is 56.0 Å². The van der Waals surface area contributed by atoms with E-state index in [1.165, 1.54) is 12.0 Å². The topological polar surface area (TPSA) is 157 Å². The number of rotatable bonds is 11. The minimum Gasteiger partial charge on any atom is -0.458 e. The molecule has 2 spiro atoms. The number of epoxide rings is 3. The predicted molar refractivity (Wildman–Crippen MR) is 226 cm³/mol. The van der Waals surface area contributed by atoms with Crippen molar-refractivity contribution in [3.63, 3.8) is 0 Å². The van der Waals surface area contributed by atoms with Gasteiger partial charge in [-0.15, -0.1) is 0 Å². The van der Waals surface area contributed by atoms with Gasteiger partial charge < -0.3 is 38.6 Å². The van der Waals surface area contributed by atoms with E-state index >= 15 is 0 Å². The number of carbonyl (C=O) groups is 3. The molecular weight excluding hydrogens is 789 g/mol. The third kappa shape index (κ3) is 5.81. The van der Waals surface area contributed by atoms with Gasteiger partial charge in [0.2, 0.25) is 0 Å². The number of cyclic esters (lactones) is 1. The van der Waals surface area contributed by atoms with Gasteiger partial charge in [0.25, 0.3) is 0 Å². The van der Waals surface area contributed by atoms with E-state index in [-0.39, 0.29) is 65.9 Å². The maximum Gasteiger partial charge on any atom is 0.334 e. The second-order valence-corrected chi connectivity index (χ2v) is 22.1. The lowest BCUT2D eigenvalue weighted by atomic mass is 9.46. The third-order valence-electron chi connectivity index (χ3n) is 18.7. The van der Waals surface area contributed by atoms with Gasteiger partial charge in [0.05, 0.1) is 31.2 Å². The van der Waals surface area contributed by atoms with Gasteiger partial charge in [-0.3, -0.25) is 9.59 Å². The molecule has 4 heterocycles. The van der Waals surface area contributed by atoms with Gasteiger partial charge in [-0.1, -0.05) is 65.0 Å². The van der Waals surface area contributed by atoms with Gasteiger partial charge >= 0.3 is 17.9 Å². The summed E-state index contributed by atoms with van der Waals surface area (Å²) in [5.74, 6) is 0.676. The van der Waals surface area contributed by atoms with Crippen LogP contribution >= 0.6 is 0 Å². The van der Waals surface area contributed by atoms with Crippen LogP contribution in [0.1, 0.15) is 125 Å². The number of hydrogen-bond acceptors (Lipinski definition) is 11. The van der Waals surface area contributed by atoms with E-state index in [1.54, 1.807) is 0 Å². The molecule has 0 aromatic carbocycles. The molecule has 0 radical (unpaired) electrons. The Morgan fingerprint density at radius 3 is 2.48 bits per heavy atom. The maximum atomic E-state index is 13.9. The first-order valence-electron chi connectivity index (χ1n) is 24.0. The molecule has 6 saturated carbocycles. The zero-order chi connectivity index (χ0) is 43.3. The first-order valence-corrected chi connectivity index (χ1v) is 24.0. The Hall–Kier alpha value is -3.09. The molecule has 3 unspecified atom stereocenters. The molecular formula is C51H66O11. The number of allylic oxidation sites excluding steroid dienone is 4. The molecule has 336 valence electrons. The largest absolute Gasteiger partial charge is 0.458 e. The number of aliphatic hydroxyl groups excluding tert-OH is 2. The first kappa shape index (κ1) is 41.6. The SMILES string of the molecule is C=C1/C(=C\C=C2/CCC[C@@]3(C)C2CCC3[C@@H](C)/C=C/C(OC(=O)CCC(=O)O[C@@H]2[C@@]3(C(C)C)O[C@H]3[C@@H]3O[C@]34[C@]23O[C@H]3C[C@H]2C3=C(CC[C@@]24C)C(=O)OC3)C2CC2)C[C@@H](O)C[C@@H]1O. The van der Waals surface area contributed by atoms with Crippen LogP contribution in [-0.4, -0.2) is 94.3 Å². The normalized spacial score (nSPS) is 48.0. The molecule has 9 fully saturated rings. The Morgan fingerprint density at radius 2 is 1.71 bits per heavy atom. The number of ether oxygens (including phenoxy) is 6. The molecule has 3 saturated heterocycles. The molecule has 4 aliphatic heterocycles. The number of carbonyl (C=O) groups excluding carboxylic acids is 3. The molecule has 11 heteroatoms. The fourth-order valence-electron chi connectivity index (χ4n) is 15.2. The van der Waals surface area contributed by atoms with Crippen molar-refractivity contribution in [2.75, 3.05) is 6.61 Å². The number of aliphatic hydroxyl groups is 2. The lowest BCUT2D eigenvalue weighted by Crippen LogP contribution is -2.70. The van der Waals surface area contributed by atoms with E-state index in [1.807, 2.05) is 0 Å². The van der Waals surface area contributed by atoms with Crippen molar-refractivity contribution in [2.45, 2.75) is 184 Å². The van der Waals surface area contributed by atoms with E-state index in [4.69, 9.17) is 28.4 Å². The summed E-state index contributed by atoms with van der Waals surface area (Å²) in [4.78, 5) is 39.9. The molecule has 0 aromatic heterocycles. The molecule has 0 bridgehead atoms. The van der Waals surface area contributed by atoms with Crippen LogP contribution in [0.15, 0.2) is 58.7 Å². The van der Waals surface area contributed by atoms with Crippen molar-refractivity contribution in [1.29, 1.82) is 0 Å². The number of esters is 3. The van der Waals surface area contributed by atoms with Crippen molar-refractivity contribution in [3.8, 4) is 0 Å². The molecule has 16 atom stereocenters. The number of hydrogen-bond donors (Lipinski definition) is 2. The molecule has 7 aliphatic carbocycles. The Balaban J connectivity index is 0.734. The van der Waals surface area contributed by atoms with E-state index in [9.17, 15) is 24.6 Å². The van der Waals surface area contributed by atoms with Gasteiger partial charge in [-0.05, 0) is 134 Å². The summed E-state index contributed by atoms with van der Waals surface area (Å²) in [6.45, 7) is 15.7. The Morgan fingerprint density at radius 1 is 0.919 bits per heavy atom. The zero-order valence-electron chi connectivity index (χ0n) is 37.2. The van der Waals surface area contributed by atoms with Gasteiger partial charge in [-0.2, -0.15) is 0 Å². The lowest BCUT2D eigenvalue weighted by Gasteiger charge is -2.53. The van der Waals surface area contributed by atoms with Gasteiger partial charge in [0, 0.05) is 17.4 Å². The van der Waals surface area contributed by atoms with Crippen LogP contribution < -0.4 is 0 Å². The third-order valence-corrected chi connectivity index (χ3v) is 18.7. The summed E-state index contributed by atoms with van der Waals surface area (Å²) in [7, 11) is 0. The van der Waals surface area contributed by atoms with Gasteiger partial charge in [-0.25, -0.2) is 4.79 Å². The summed E-state index contributed by atoms with van der Waals surface area (Å²) < 4.78 is 38.3. The van der Waals surface area contributed by atoms with Crippen LogP contribution in [0.4, 0.5) is 0 Å². The average molecular weight is 855 g/mol. The summed E-state index contributed by atoms with van der Waals surface area (Å²) in [6, 6.07) is 0. The summed E-state index contributed by atoms with van der Waals surface area (Å²) in [5, 5.41) is 20.6. The van der Waals surface area contributed by atoms with Crippen LogP contribution in [0.3, 0.4) is 0 Å². The van der Waals surface area contributed by atoms with Gasteiger partial charge in [0.1, 0.15) is 36.1 Å². The summed E-state index contributed by atoms with van der Waals surface area (Å²) in [5.41, 5.74) is 2.64. The molecule has 11 nitrogen and oxygen atoms in total. The second kappa shape index (κ2) is 14.2. The van der Waals surface area contributed by atoms with Crippen LogP contribution in [0.25, 0.3) is 0 Å². The quantitative estimate of drug-likeness (QED) is 0.0947. The fraction of sp³-hybridized carbons (Fsp3) is 0.745.